The Kier molecular flexibility index (Phi) is 12.3. The minimum Gasteiger partial charge on any atom is -0.341 e. The van der Waals surface area contributed by atoms with Crippen molar-refractivity contribution in [1.29, 1.82) is 0 Å². The van der Waals surface area contributed by atoms with E-state index in [9.17, 15) is 0 Å². The normalized spacial score (nSPS) is 11.3. The molecule has 3 nitrogen and oxygen atoms in total. The summed E-state index contributed by atoms with van der Waals surface area (Å²) >= 11 is 1.80. The van der Waals surface area contributed by atoms with Crippen molar-refractivity contribution in [2.24, 2.45) is 7.05 Å². The predicted octanol–water partition coefficient (Wildman–Crippen LogP) is 14.4. The molecule has 6 aromatic carbocycles. The van der Waals surface area contributed by atoms with Crippen molar-refractivity contribution in [2.45, 2.75) is 65.2 Å². The molecule has 7 aromatic rings. The van der Waals surface area contributed by atoms with E-state index in [1.807, 2.05) is 0 Å². The second kappa shape index (κ2) is 17.6. The third-order valence-corrected chi connectivity index (χ3v) is 11.8. The van der Waals surface area contributed by atoms with Crippen LogP contribution in [-0.4, -0.2) is 23.9 Å². The number of unbranched alkanes of at least 4 members (excludes halogenated alkanes) is 2. The smallest absolute Gasteiger partial charge is 0.103 e. The zero-order valence-electron chi connectivity index (χ0n) is 34.3. The summed E-state index contributed by atoms with van der Waals surface area (Å²) in [5, 5.41) is 1.27. The quantitative estimate of drug-likeness (QED) is 0.0763. The molecule has 0 N–H and O–H groups in total. The molecule has 4 heteroatoms. The van der Waals surface area contributed by atoms with Gasteiger partial charge >= 0.3 is 0 Å². The van der Waals surface area contributed by atoms with E-state index in [2.05, 4.69) is 202 Å². The van der Waals surface area contributed by atoms with Crippen LogP contribution in [0.25, 0.3) is 22.2 Å². The lowest BCUT2D eigenvalue weighted by molar-refractivity contribution is 0.785. The summed E-state index contributed by atoms with van der Waals surface area (Å²) in [6.07, 6.45) is 6.73. The first-order valence-corrected chi connectivity index (χ1v) is 21.5. The van der Waals surface area contributed by atoms with Gasteiger partial charge in [-0.2, -0.15) is 0 Å². The number of anilines is 4. The molecule has 0 saturated heterocycles. The van der Waals surface area contributed by atoms with Crippen LogP contribution in [0.2, 0.25) is 0 Å². The van der Waals surface area contributed by atoms with E-state index in [0.717, 1.165) is 38.8 Å². The largest absolute Gasteiger partial charge is 0.341 e. The molecule has 1 heterocycles. The van der Waals surface area contributed by atoms with Gasteiger partial charge in [0.2, 0.25) is 0 Å². The Hall–Kier alpha value is -5.32. The van der Waals surface area contributed by atoms with Gasteiger partial charge in [0.1, 0.15) is 5.69 Å². The molecule has 56 heavy (non-hydrogen) atoms. The lowest BCUT2D eigenvalue weighted by Crippen LogP contribution is -2.19. The van der Waals surface area contributed by atoms with E-state index in [4.69, 9.17) is 0 Å². The van der Waals surface area contributed by atoms with E-state index >= 15 is 0 Å². The van der Waals surface area contributed by atoms with E-state index in [-0.39, 0.29) is 0 Å². The zero-order chi connectivity index (χ0) is 39.2. The first kappa shape index (κ1) is 38.9. The van der Waals surface area contributed by atoms with Crippen molar-refractivity contribution in [2.75, 3.05) is 29.1 Å². The number of thioether (sulfide) groups is 1. The third-order valence-electron chi connectivity index (χ3n) is 11.1. The van der Waals surface area contributed by atoms with Crippen molar-refractivity contribution in [1.82, 2.24) is 4.57 Å². The first-order chi connectivity index (χ1) is 27.3. The molecule has 0 amide bonds. The molecule has 0 spiro atoms. The minimum absolute atomic E-state index is 0.977. The van der Waals surface area contributed by atoms with Gasteiger partial charge in [-0.3, -0.25) is 0 Å². The number of hydrogen-bond donors (Lipinski definition) is 0. The number of aryl methyl sites for hydroxylation is 4. The van der Waals surface area contributed by atoms with E-state index in [0.29, 0.717) is 0 Å². The number of nitrogens with zero attached hydrogens (tertiary/aromatic N) is 3. The molecular weight excluding hydrogens is 699 g/mol. The summed E-state index contributed by atoms with van der Waals surface area (Å²) in [5.41, 5.74) is 16.2. The fraction of sp³-hybridized carbons (Fsp3) is 0.250. The number of hydrogen-bond acceptors (Lipinski definition) is 3. The number of rotatable bonds is 15. The molecule has 0 unspecified atom stereocenters. The van der Waals surface area contributed by atoms with E-state index in [1.54, 1.807) is 11.8 Å². The number of fused-ring (bicyclic) bond motifs is 1. The molecule has 284 valence electrons. The highest BCUT2D eigenvalue weighted by Crippen LogP contribution is 2.46. The Bertz CT molecular complexity index is 2360. The first-order valence-electron chi connectivity index (χ1n) is 20.3. The number of benzene rings is 6. The van der Waals surface area contributed by atoms with Crippen LogP contribution < -0.4 is 9.80 Å². The van der Waals surface area contributed by atoms with Crippen LogP contribution in [0.15, 0.2) is 144 Å². The van der Waals surface area contributed by atoms with Crippen LogP contribution in [0.1, 0.15) is 72.9 Å². The summed E-state index contributed by atoms with van der Waals surface area (Å²) in [4.78, 5) is 6.22. The maximum atomic E-state index is 2.49. The molecule has 0 aliphatic heterocycles. The van der Waals surface area contributed by atoms with Crippen LogP contribution in [0.5, 0.6) is 0 Å². The molecule has 0 atom stereocenters. The molecule has 0 aliphatic rings. The molecular formula is C52H56N3S+. The van der Waals surface area contributed by atoms with Gasteiger partial charge in [-0.05, 0) is 137 Å². The maximum absolute atomic E-state index is 2.49. The van der Waals surface area contributed by atoms with Gasteiger partial charge < -0.3 is 14.4 Å². The molecule has 7 rings (SSSR count). The zero-order valence-corrected chi connectivity index (χ0v) is 35.1. The minimum atomic E-state index is 0.977. The van der Waals surface area contributed by atoms with Crippen molar-refractivity contribution < 1.29 is 0 Å². The molecule has 0 fully saturated rings. The Morgan fingerprint density at radius 1 is 0.589 bits per heavy atom. The van der Waals surface area contributed by atoms with Gasteiger partial charge in [-0.15, -0.1) is 11.8 Å². The van der Waals surface area contributed by atoms with Crippen molar-refractivity contribution in [3.05, 3.63) is 179 Å². The van der Waals surface area contributed by atoms with Crippen LogP contribution >= 0.6 is 11.8 Å². The van der Waals surface area contributed by atoms with Gasteiger partial charge in [-0.25, -0.2) is 0 Å². The molecule has 0 aliphatic carbocycles. The van der Waals surface area contributed by atoms with Crippen LogP contribution in [0, 0.1) is 26.7 Å². The Balaban J connectivity index is 1.43. The van der Waals surface area contributed by atoms with Crippen LogP contribution in [-0.2, 0) is 7.05 Å². The molecule has 1 aromatic heterocycles. The average Bonchev–Trinajstić information content (AvgIpc) is 3.51. The predicted molar refractivity (Wildman–Crippen MR) is 244 cm³/mol. The SMILES string of the molecule is CCCCN(c1ccc(C)cc1)c1ccc([C+](c2ccc(N(CCCC)c3ccc(C)cc3)cc2C)c2c(-c3ccccc3)n(C)c3ccc(SC)cc23)cc1. The van der Waals surface area contributed by atoms with Crippen molar-refractivity contribution >= 4 is 45.4 Å². The monoisotopic (exact) mass is 754 g/mol. The summed E-state index contributed by atoms with van der Waals surface area (Å²) < 4.78 is 2.40. The maximum Gasteiger partial charge on any atom is 0.103 e. The fourth-order valence-electron chi connectivity index (χ4n) is 7.97. The fourth-order valence-corrected chi connectivity index (χ4v) is 8.41. The van der Waals surface area contributed by atoms with Gasteiger partial charge in [0.15, 0.2) is 0 Å². The van der Waals surface area contributed by atoms with Crippen molar-refractivity contribution in [3.63, 3.8) is 0 Å². The van der Waals surface area contributed by atoms with E-state index < -0.39 is 0 Å². The highest BCUT2D eigenvalue weighted by Gasteiger charge is 2.34. The second-order valence-corrected chi connectivity index (χ2v) is 16.0. The van der Waals surface area contributed by atoms with Crippen molar-refractivity contribution in [3.8, 4) is 11.3 Å². The second-order valence-electron chi connectivity index (χ2n) is 15.1. The highest BCUT2D eigenvalue weighted by atomic mass is 32.2. The number of aromatic nitrogens is 1. The van der Waals surface area contributed by atoms with Crippen LogP contribution in [0.3, 0.4) is 0 Å². The molecule has 0 bridgehead atoms. The summed E-state index contributed by atoms with van der Waals surface area (Å²) in [7, 11) is 2.23. The Morgan fingerprint density at radius 2 is 1.12 bits per heavy atom. The van der Waals surface area contributed by atoms with Gasteiger partial charge in [0.25, 0.3) is 0 Å². The third kappa shape index (κ3) is 8.13. The highest BCUT2D eigenvalue weighted by molar-refractivity contribution is 7.98. The van der Waals surface area contributed by atoms with Crippen LogP contribution in [0.4, 0.5) is 22.7 Å². The topological polar surface area (TPSA) is 11.4 Å². The summed E-state index contributed by atoms with van der Waals surface area (Å²) in [5.74, 6) is 1.26. The average molecular weight is 755 g/mol. The Morgan fingerprint density at radius 3 is 1.66 bits per heavy atom. The van der Waals surface area contributed by atoms with Gasteiger partial charge in [0.05, 0.1) is 44.9 Å². The summed E-state index contributed by atoms with van der Waals surface area (Å²) in [6, 6.07) is 52.3. The van der Waals surface area contributed by atoms with Gasteiger partial charge in [-0.1, -0.05) is 80.3 Å². The van der Waals surface area contributed by atoms with Gasteiger partial charge in [0, 0.05) is 47.5 Å². The Labute approximate surface area is 340 Å². The molecule has 0 saturated carbocycles. The lowest BCUT2D eigenvalue weighted by Gasteiger charge is -2.27. The molecule has 0 radical (unpaired) electrons. The van der Waals surface area contributed by atoms with E-state index in [1.165, 1.54) is 89.1 Å². The lowest BCUT2D eigenvalue weighted by atomic mass is 9.80. The standard InChI is InChI=1S/C52H56N3S/c1-8-10-33-54(42-23-17-37(3)18-24-42)44-27-21-40(22-28-44)50(47-31-29-45(35-39(47)5)55(34-11-9-2)43-25-19-38(4)20-26-43)51-48-36-46(56-7)30-32-49(48)53(6)52(51)41-15-13-12-14-16-41/h12-32,35-36H,8-11,33-34H2,1-7H3/q+1. The summed E-state index contributed by atoms with van der Waals surface area (Å²) in [6.45, 7) is 13.1.